The molecule has 10 heteroatoms. The van der Waals surface area contributed by atoms with Gasteiger partial charge >= 0.3 is 0 Å². The first-order valence-electron chi connectivity index (χ1n) is 12.7. The Hall–Kier alpha value is -4.15. The van der Waals surface area contributed by atoms with Crippen molar-refractivity contribution < 1.29 is 39.5 Å². The average Bonchev–Trinajstić information content (AvgIpc) is 2.87. The van der Waals surface area contributed by atoms with Gasteiger partial charge in [-0.1, -0.05) is 24.3 Å². The lowest BCUT2D eigenvalue weighted by Gasteiger charge is -2.50. The van der Waals surface area contributed by atoms with Gasteiger partial charge in [-0.2, -0.15) is 0 Å². The summed E-state index contributed by atoms with van der Waals surface area (Å²) in [6, 6.07) is 9.33. The minimum absolute atomic E-state index is 0.0218. The van der Waals surface area contributed by atoms with Crippen molar-refractivity contribution in [2.45, 2.75) is 31.4 Å². The average molecular weight is 535 g/mol. The van der Waals surface area contributed by atoms with Crippen LogP contribution in [-0.2, 0) is 20.8 Å². The van der Waals surface area contributed by atoms with Gasteiger partial charge in [0.1, 0.15) is 28.6 Å². The van der Waals surface area contributed by atoms with Crippen LogP contribution in [0.25, 0.3) is 16.9 Å². The summed E-state index contributed by atoms with van der Waals surface area (Å²) >= 11 is 0. The van der Waals surface area contributed by atoms with Crippen LogP contribution >= 0.6 is 0 Å². The van der Waals surface area contributed by atoms with Crippen LogP contribution in [0.5, 0.6) is 11.5 Å². The molecule has 0 unspecified atom stereocenters. The molecule has 3 aliphatic carbocycles. The van der Waals surface area contributed by atoms with Gasteiger partial charge in [0.2, 0.25) is 5.78 Å². The number of benzene rings is 2. The molecule has 0 radical (unpaired) electrons. The number of ether oxygens (including phenoxy) is 1. The van der Waals surface area contributed by atoms with Crippen LogP contribution in [0.1, 0.15) is 24.5 Å². The number of aliphatic hydroxyl groups is 3. The molecule has 0 aliphatic heterocycles. The number of hydrogen-bond acceptors (Lipinski definition) is 9. The molecule has 0 heterocycles. The van der Waals surface area contributed by atoms with Crippen LogP contribution in [0.2, 0.25) is 0 Å². The normalized spacial score (nSPS) is 26.3. The monoisotopic (exact) mass is 534 g/mol. The lowest BCUT2D eigenvalue weighted by molar-refractivity contribution is -0.153. The standard InChI is InChI=1S/C29H30N2O8/c1-4-39-19-8-6-5-7-15(19)14-9-10-18(32)21-16(14)11-13-12-17-23(31(2)3)25(34)22(28(30)37)27(36)29(17,38)26(35)20(13)24(21)33/h5-10,13,17,23,32-33,36,38H,4,11-12H2,1-3H3,(H2,30,37)/t13-,17-,23-,29-/m1/s1. The Morgan fingerprint density at radius 3 is 2.44 bits per heavy atom. The van der Waals surface area contributed by atoms with E-state index in [-0.39, 0.29) is 29.7 Å². The quantitative estimate of drug-likeness (QED) is 0.360. The number of para-hydroxylation sites is 1. The summed E-state index contributed by atoms with van der Waals surface area (Å²) in [5, 5.41) is 44.9. The fourth-order valence-electron chi connectivity index (χ4n) is 6.47. The van der Waals surface area contributed by atoms with Crippen LogP contribution in [-0.4, -0.2) is 75.1 Å². The van der Waals surface area contributed by atoms with Crippen molar-refractivity contribution in [2.24, 2.45) is 17.6 Å². The summed E-state index contributed by atoms with van der Waals surface area (Å²) < 4.78 is 5.80. The highest BCUT2D eigenvalue weighted by Gasteiger charge is 2.64. The van der Waals surface area contributed by atoms with E-state index in [1.54, 1.807) is 20.2 Å². The van der Waals surface area contributed by atoms with Gasteiger partial charge in [0.25, 0.3) is 5.91 Å². The molecule has 0 bridgehead atoms. The molecule has 204 valence electrons. The summed E-state index contributed by atoms with van der Waals surface area (Å²) in [6.45, 7) is 2.28. The van der Waals surface area contributed by atoms with Crippen molar-refractivity contribution >= 4 is 23.2 Å². The third-order valence-corrected chi connectivity index (χ3v) is 8.08. The molecule has 2 aromatic rings. The number of fused-ring (bicyclic) bond motifs is 3. The molecule has 3 aliphatic rings. The second-order valence-corrected chi connectivity index (χ2v) is 10.4. The number of rotatable bonds is 5. The number of phenolic OH excluding ortho intramolecular Hbond substituents is 1. The number of likely N-dealkylation sites (N-methyl/N-ethyl adjacent to an activating group) is 1. The predicted octanol–water partition coefficient (Wildman–Crippen LogP) is 2.03. The number of hydrogen-bond donors (Lipinski definition) is 5. The first-order valence-corrected chi connectivity index (χ1v) is 12.7. The van der Waals surface area contributed by atoms with Gasteiger partial charge < -0.3 is 30.9 Å². The summed E-state index contributed by atoms with van der Waals surface area (Å²) in [4.78, 5) is 40.8. The molecule has 6 N–H and O–H groups in total. The number of nitrogens with zero attached hydrogens (tertiary/aromatic N) is 1. The van der Waals surface area contributed by atoms with Crippen molar-refractivity contribution in [1.82, 2.24) is 4.90 Å². The summed E-state index contributed by atoms with van der Waals surface area (Å²) in [7, 11) is 3.13. The lowest BCUT2D eigenvalue weighted by atomic mass is 9.57. The number of phenols is 1. The topological polar surface area (TPSA) is 171 Å². The molecule has 1 fully saturated rings. The van der Waals surface area contributed by atoms with E-state index in [2.05, 4.69) is 0 Å². The second kappa shape index (κ2) is 9.25. The van der Waals surface area contributed by atoms with E-state index in [0.29, 0.717) is 23.5 Å². The van der Waals surface area contributed by atoms with E-state index in [0.717, 1.165) is 5.56 Å². The largest absolute Gasteiger partial charge is 0.508 e. The summed E-state index contributed by atoms with van der Waals surface area (Å²) in [5.74, 6) is -6.19. The zero-order chi connectivity index (χ0) is 28.4. The molecule has 4 atom stereocenters. The van der Waals surface area contributed by atoms with E-state index in [9.17, 15) is 34.8 Å². The summed E-state index contributed by atoms with van der Waals surface area (Å²) in [6.07, 6.45) is 0.215. The first-order chi connectivity index (χ1) is 18.4. The van der Waals surface area contributed by atoms with Crippen LogP contribution in [0.4, 0.5) is 0 Å². The Morgan fingerprint density at radius 2 is 1.79 bits per heavy atom. The van der Waals surface area contributed by atoms with Crippen molar-refractivity contribution in [3.63, 3.8) is 0 Å². The molecular formula is C29H30N2O8. The molecule has 0 aromatic heterocycles. The van der Waals surface area contributed by atoms with Gasteiger partial charge in [-0.05, 0) is 63.0 Å². The van der Waals surface area contributed by atoms with Crippen molar-refractivity contribution in [3.05, 3.63) is 64.4 Å². The lowest BCUT2D eigenvalue weighted by Crippen LogP contribution is -2.65. The Bertz CT molecular complexity index is 1490. The maximum Gasteiger partial charge on any atom is 0.255 e. The highest BCUT2D eigenvalue weighted by atomic mass is 16.5. The molecule has 5 rings (SSSR count). The molecule has 39 heavy (non-hydrogen) atoms. The predicted molar refractivity (Wildman–Crippen MR) is 141 cm³/mol. The number of primary amides is 1. The third kappa shape index (κ3) is 3.66. The third-order valence-electron chi connectivity index (χ3n) is 8.08. The van der Waals surface area contributed by atoms with E-state index in [1.165, 1.54) is 11.0 Å². The highest BCUT2D eigenvalue weighted by molar-refractivity contribution is 6.24. The van der Waals surface area contributed by atoms with Crippen molar-refractivity contribution in [1.29, 1.82) is 0 Å². The zero-order valence-electron chi connectivity index (χ0n) is 21.8. The van der Waals surface area contributed by atoms with Crippen LogP contribution in [0, 0.1) is 11.8 Å². The Labute approximate surface area is 224 Å². The minimum atomic E-state index is -2.67. The first kappa shape index (κ1) is 26.5. The second-order valence-electron chi connectivity index (χ2n) is 10.4. The SMILES string of the molecule is CCOc1ccccc1-c1ccc(O)c2c1C[C@@H]1C[C@@H]3[C@@H](N(C)C)C(=O)C(C(N)=O)=C(O)[C@]3(O)C(=O)C1=C2O. The maximum absolute atomic E-state index is 13.9. The number of Topliss-reactive ketones (excluding diaryl/α,β-unsaturated/α-hetero) is 2. The highest BCUT2D eigenvalue weighted by Crippen LogP contribution is 2.54. The van der Waals surface area contributed by atoms with E-state index in [1.807, 2.05) is 31.2 Å². The van der Waals surface area contributed by atoms with Crippen LogP contribution in [0.3, 0.4) is 0 Å². The summed E-state index contributed by atoms with van der Waals surface area (Å²) in [5.41, 5.74) is 3.70. The number of carbonyl (C=O) groups is 3. The number of aromatic hydroxyl groups is 1. The van der Waals surface area contributed by atoms with E-state index < -0.39 is 58.0 Å². The fraction of sp³-hybridized carbons (Fsp3) is 0.345. The Morgan fingerprint density at radius 1 is 1.10 bits per heavy atom. The van der Waals surface area contributed by atoms with Crippen LogP contribution < -0.4 is 10.5 Å². The van der Waals surface area contributed by atoms with Gasteiger partial charge in [-0.25, -0.2) is 0 Å². The minimum Gasteiger partial charge on any atom is -0.508 e. The smallest absolute Gasteiger partial charge is 0.255 e. The molecule has 1 saturated carbocycles. The van der Waals surface area contributed by atoms with Gasteiger partial charge in [0.15, 0.2) is 11.4 Å². The maximum atomic E-state index is 13.9. The number of ketones is 2. The van der Waals surface area contributed by atoms with Gasteiger partial charge in [-0.3, -0.25) is 19.3 Å². The van der Waals surface area contributed by atoms with E-state index >= 15 is 0 Å². The van der Waals surface area contributed by atoms with Crippen LogP contribution in [0.15, 0.2) is 53.3 Å². The molecule has 10 nitrogen and oxygen atoms in total. The molecule has 0 saturated heterocycles. The molecule has 2 aromatic carbocycles. The van der Waals surface area contributed by atoms with Gasteiger partial charge in [0.05, 0.1) is 18.2 Å². The fourth-order valence-corrected chi connectivity index (χ4v) is 6.47. The molecule has 0 spiro atoms. The van der Waals surface area contributed by atoms with E-state index in [4.69, 9.17) is 10.5 Å². The number of aliphatic hydroxyl groups excluding tert-OH is 2. The van der Waals surface area contributed by atoms with Gasteiger partial charge in [-0.15, -0.1) is 0 Å². The Kier molecular flexibility index (Phi) is 6.27. The molecular weight excluding hydrogens is 504 g/mol. The van der Waals surface area contributed by atoms with Crippen molar-refractivity contribution in [2.75, 3.05) is 20.7 Å². The molecule has 1 amide bonds. The van der Waals surface area contributed by atoms with Crippen molar-refractivity contribution in [3.8, 4) is 22.6 Å². The number of nitrogens with two attached hydrogens (primary N) is 1. The number of carbonyl (C=O) groups excluding carboxylic acids is 3. The zero-order valence-corrected chi connectivity index (χ0v) is 21.8. The Balaban J connectivity index is 1.74. The number of amides is 1. The van der Waals surface area contributed by atoms with Gasteiger partial charge in [0, 0.05) is 17.1 Å².